The number of benzene rings is 1. The number of halogens is 2. The molecule has 0 radical (unpaired) electrons. The Labute approximate surface area is 165 Å². The van der Waals surface area contributed by atoms with Crippen molar-refractivity contribution in [3.05, 3.63) is 33.9 Å². The molecule has 144 valence electrons. The van der Waals surface area contributed by atoms with Gasteiger partial charge >= 0.3 is 0 Å². The number of carbonyl (C=O) groups excluding carboxylic acids is 1. The summed E-state index contributed by atoms with van der Waals surface area (Å²) in [4.78, 5) is 12.6. The predicted octanol–water partition coefficient (Wildman–Crippen LogP) is 4.43. The Bertz CT molecular complexity index is 933. The van der Waals surface area contributed by atoms with E-state index in [4.69, 9.17) is 23.2 Å². The molecule has 5 nitrogen and oxygen atoms in total. The van der Waals surface area contributed by atoms with Gasteiger partial charge in [0, 0.05) is 30.0 Å². The first-order valence-corrected chi connectivity index (χ1v) is 9.66. The molecule has 8 heteroatoms. The summed E-state index contributed by atoms with van der Waals surface area (Å²) in [5.74, 6) is -0.201. The van der Waals surface area contributed by atoms with Crippen LogP contribution in [0.25, 0.3) is 10.9 Å². The molecule has 26 heavy (non-hydrogen) atoms. The van der Waals surface area contributed by atoms with Gasteiger partial charge in [-0.3, -0.25) is 4.79 Å². The number of nitrogens with zero attached hydrogens (tertiary/aromatic N) is 1. The molecule has 0 saturated heterocycles. The Morgan fingerprint density at radius 1 is 1.27 bits per heavy atom. The van der Waals surface area contributed by atoms with E-state index in [0.717, 1.165) is 0 Å². The van der Waals surface area contributed by atoms with Gasteiger partial charge in [-0.2, -0.15) is 8.42 Å². The lowest BCUT2D eigenvalue weighted by molar-refractivity contribution is 0.0940. The molecule has 0 unspecified atom stereocenters. The fraction of sp³-hybridized carbons (Fsp3) is 0.444. The van der Waals surface area contributed by atoms with Crippen molar-refractivity contribution in [2.24, 2.45) is 5.41 Å². The average molecular weight is 419 g/mol. The summed E-state index contributed by atoms with van der Waals surface area (Å²) in [7, 11) is -2.22. The lowest BCUT2D eigenvalue weighted by atomic mass is 9.97. The van der Waals surface area contributed by atoms with Crippen LogP contribution in [0, 0.1) is 5.41 Å². The van der Waals surface area contributed by atoms with Crippen molar-refractivity contribution in [2.45, 2.75) is 41.2 Å². The number of amides is 1. The minimum absolute atomic E-state index is 0. The third-order valence-corrected chi connectivity index (χ3v) is 4.88. The molecule has 2 rings (SSSR count). The van der Waals surface area contributed by atoms with E-state index in [1.807, 2.05) is 20.8 Å². The Kier molecular flexibility index (Phi) is 7.74. The summed E-state index contributed by atoms with van der Waals surface area (Å²) in [5, 5.41) is 5.50. The largest absolute Gasteiger partial charge is 0.351 e. The first-order valence-electron chi connectivity index (χ1n) is 7.76. The molecule has 0 aliphatic rings. The Morgan fingerprint density at radius 2 is 1.92 bits per heavy atom. The minimum atomic E-state index is -2.22. The Balaban J connectivity index is 0.00000338. The predicted molar refractivity (Wildman–Crippen MR) is 110 cm³/mol. The van der Waals surface area contributed by atoms with Crippen molar-refractivity contribution in [3.63, 3.8) is 0 Å². The van der Waals surface area contributed by atoms with Crippen LogP contribution < -0.4 is 5.32 Å². The second-order valence-electron chi connectivity index (χ2n) is 6.95. The molecule has 1 amide bonds. The zero-order valence-corrected chi connectivity index (χ0v) is 16.6. The SMILES string of the molecule is C.CC(C)(C)CNC(=O)c1cn(CCC=S(=O)=O)c2c(Cl)c(Cl)ccc12. The highest BCUT2D eigenvalue weighted by molar-refractivity contribution is 7.71. The fourth-order valence-corrected chi connectivity index (χ4v) is 3.14. The summed E-state index contributed by atoms with van der Waals surface area (Å²) in [6, 6.07) is 3.40. The standard InChI is InChI=1S/C17H20Cl2N2O3S.CH4/c1-17(2,3)10-20-16(22)12-9-21(7-4-8-25(23)24)15-11(12)5-6-13(18)14(15)19;/h5-6,8-9H,4,7,10H2,1-3H3,(H,20,22);1H4. The number of hydrogen-bond acceptors (Lipinski definition) is 3. The van der Waals surface area contributed by atoms with Crippen LogP contribution in [0.2, 0.25) is 10.0 Å². The molecular formula is C18H24Cl2N2O3S. The van der Waals surface area contributed by atoms with E-state index < -0.39 is 10.3 Å². The van der Waals surface area contributed by atoms with E-state index in [1.165, 1.54) is 5.37 Å². The normalized spacial score (nSPS) is 11.1. The third-order valence-electron chi connectivity index (χ3n) is 3.58. The van der Waals surface area contributed by atoms with Crippen LogP contribution >= 0.6 is 23.2 Å². The second-order valence-corrected chi connectivity index (χ2v) is 8.59. The maximum absolute atomic E-state index is 12.6. The molecule has 1 aromatic heterocycles. The van der Waals surface area contributed by atoms with E-state index >= 15 is 0 Å². The van der Waals surface area contributed by atoms with Crippen molar-refractivity contribution in [1.82, 2.24) is 9.88 Å². The maximum atomic E-state index is 12.6. The zero-order valence-electron chi connectivity index (χ0n) is 14.3. The molecule has 0 atom stereocenters. The Hall–Kier alpha value is -1.50. The van der Waals surface area contributed by atoms with Crippen LogP contribution in [0.15, 0.2) is 18.3 Å². The van der Waals surface area contributed by atoms with Gasteiger partial charge in [-0.15, -0.1) is 0 Å². The van der Waals surface area contributed by atoms with E-state index in [1.54, 1.807) is 22.9 Å². The number of rotatable bonds is 5. The van der Waals surface area contributed by atoms with Crippen LogP contribution in [-0.4, -0.2) is 30.8 Å². The number of nitrogens with one attached hydrogen (secondary N) is 1. The monoisotopic (exact) mass is 418 g/mol. The van der Waals surface area contributed by atoms with Crippen molar-refractivity contribution in [3.8, 4) is 0 Å². The van der Waals surface area contributed by atoms with Crippen LogP contribution in [0.5, 0.6) is 0 Å². The van der Waals surface area contributed by atoms with Crippen LogP contribution in [0.3, 0.4) is 0 Å². The summed E-state index contributed by atoms with van der Waals surface area (Å²) in [5.41, 5.74) is 1.07. The second kappa shape index (κ2) is 8.93. The van der Waals surface area contributed by atoms with Gasteiger partial charge in [-0.25, -0.2) is 0 Å². The molecule has 2 aromatic rings. The first kappa shape index (κ1) is 22.5. The smallest absolute Gasteiger partial charge is 0.253 e. The van der Waals surface area contributed by atoms with Gasteiger partial charge in [0.15, 0.2) is 0 Å². The third kappa shape index (κ3) is 5.50. The summed E-state index contributed by atoms with van der Waals surface area (Å²) >= 11 is 12.4. The average Bonchev–Trinajstić information content (AvgIpc) is 2.87. The van der Waals surface area contributed by atoms with Gasteiger partial charge < -0.3 is 9.88 Å². The molecule has 0 bridgehead atoms. The summed E-state index contributed by atoms with van der Waals surface area (Å²) < 4.78 is 23.1. The van der Waals surface area contributed by atoms with Crippen LogP contribution in [-0.2, 0) is 16.8 Å². The zero-order chi connectivity index (χ0) is 18.8. The Morgan fingerprint density at radius 3 is 2.50 bits per heavy atom. The number of fused-ring (bicyclic) bond motifs is 1. The highest BCUT2D eigenvalue weighted by Crippen LogP contribution is 2.34. The summed E-state index contributed by atoms with van der Waals surface area (Å²) in [6.45, 7) is 7.00. The van der Waals surface area contributed by atoms with Crippen LogP contribution in [0.1, 0.15) is 45.0 Å². The van der Waals surface area contributed by atoms with Gasteiger partial charge in [-0.1, -0.05) is 57.5 Å². The van der Waals surface area contributed by atoms with Gasteiger partial charge in [0.25, 0.3) is 5.91 Å². The van der Waals surface area contributed by atoms with Gasteiger partial charge in [-0.05, 0) is 17.9 Å². The number of aryl methyl sites for hydroxylation is 1. The summed E-state index contributed by atoms with van der Waals surface area (Å²) in [6.07, 6.45) is 1.98. The van der Waals surface area contributed by atoms with Gasteiger partial charge in [0.05, 0.1) is 21.1 Å². The highest BCUT2D eigenvalue weighted by Gasteiger charge is 2.20. The molecule has 0 saturated carbocycles. The molecule has 1 heterocycles. The lowest BCUT2D eigenvalue weighted by Crippen LogP contribution is -2.32. The first-order chi connectivity index (χ1) is 11.6. The van der Waals surface area contributed by atoms with Crippen LogP contribution in [0.4, 0.5) is 0 Å². The van der Waals surface area contributed by atoms with E-state index in [-0.39, 0.29) is 18.7 Å². The van der Waals surface area contributed by atoms with E-state index in [2.05, 4.69) is 5.32 Å². The molecule has 0 aliphatic carbocycles. The minimum Gasteiger partial charge on any atom is -0.351 e. The molecule has 1 aromatic carbocycles. The topological polar surface area (TPSA) is 68.2 Å². The molecular weight excluding hydrogens is 395 g/mol. The number of hydrogen-bond donors (Lipinski definition) is 1. The van der Waals surface area contributed by atoms with Crippen molar-refractivity contribution < 1.29 is 13.2 Å². The number of aromatic nitrogens is 1. The highest BCUT2D eigenvalue weighted by atomic mass is 35.5. The van der Waals surface area contributed by atoms with Gasteiger partial charge in [0.1, 0.15) is 0 Å². The van der Waals surface area contributed by atoms with E-state index in [9.17, 15) is 13.2 Å². The van der Waals surface area contributed by atoms with Gasteiger partial charge in [0.2, 0.25) is 10.3 Å². The molecule has 0 aliphatic heterocycles. The fourth-order valence-electron chi connectivity index (χ4n) is 2.41. The lowest BCUT2D eigenvalue weighted by Gasteiger charge is -2.18. The van der Waals surface area contributed by atoms with Crippen molar-refractivity contribution in [1.29, 1.82) is 0 Å². The maximum Gasteiger partial charge on any atom is 0.253 e. The van der Waals surface area contributed by atoms with E-state index in [0.29, 0.717) is 46.0 Å². The van der Waals surface area contributed by atoms with Crippen molar-refractivity contribution >= 4 is 55.7 Å². The molecule has 0 fully saturated rings. The number of carbonyl (C=O) groups is 1. The van der Waals surface area contributed by atoms with Crippen molar-refractivity contribution in [2.75, 3.05) is 6.54 Å². The quantitative estimate of drug-likeness (QED) is 0.729. The molecule has 0 spiro atoms. The molecule has 1 N–H and O–H groups in total.